The van der Waals surface area contributed by atoms with Crippen LogP contribution in [-0.4, -0.2) is 13.8 Å². The lowest BCUT2D eigenvalue weighted by Crippen LogP contribution is -2.43. The Hall–Kier alpha value is -2.20. The average molecular weight is 365 g/mol. The summed E-state index contributed by atoms with van der Waals surface area (Å²) in [7, 11) is -2.91. The van der Waals surface area contributed by atoms with E-state index in [-0.39, 0.29) is 21.7 Å². The van der Waals surface area contributed by atoms with Crippen molar-refractivity contribution in [2.24, 2.45) is 0 Å². The van der Waals surface area contributed by atoms with Gasteiger partial charge in [-0.15, -0.1) is 0 Å². The minimum Gasteiger partial charge on any atom is -0.424 e. The largest absolute Gasteiger partial charge is 0.424 e. The molecular formula is C14H11F6N2OSi. The second-order valence-electron chi connectivity index (χ2n) is 5.03. The predicted octanol–water partition coefficient (Wildman–Crippen LogP) is 1.99. The van der Waals surface area contributed by atoms with E-state index in [9.17, 15) is 31.1 Å². The molecule has 0 amide bonds. The molecule has 3 nitrogen and oxygen atoms in total. The normalized spacial score (nSPS) is 12.7. The van der Waals surface area contributed by atoms with Gasteiger partial charge in [-0.1, -0.05) is 0 Å². The number of anilines is 2. The van der Waals surface area contributed by atoms with E-state index in [1.54, 1.807) is 0 Å². The molecule has 129 valence electrons. The lowest BCUT2D eigenvalue weighted by atomic mass is 10.2. The number of benzene rings is 2. The molecule has 2 aromatic rings. The number of hydrogen-bond acceptors (Lipinski definition) is 3. The SMILES string of the molecule is Nc1cc([Si](O)c2cc(N)cc(C(F)(F)F)c2)cc(C(F)(F)F)c1. The van der Waals surface area contributed by atoms with Gasteiger partial charge in [0.05, 0.1) is 11.1 Å². The highest BCUT2D eigenvalue weighted by atomic mass is 28.3. The highest BCUT2D eigenvalue weighted by Gasteiger charge is 2.34. The zero-order valence-electron chi connectivity index (χ0n) is 11.8. The van der Waals surface area contributed by atoms with Gasteiger partial charge in [0.2, 0.25) is 0 Å². The maximum absolute atomic E-state index is 12.8. The number of rotatable bonds is 2. The molecule has 0 saturated carbocycles. The molecule has 5 N–H and O–H groups in total. The fraction of sp³-hybridized carbons (Fsp3) is 0.143. The topological polar surface area (TPSA) is 72.3 Å². The van der Waals surface area contributed by atoms with Crippen molar-refractivity contribution in [3.8, 4) is 0 Å². The van der Waals surface area contributed by atoms with Crippen LogP contribution in [0.1, 0.15) is 11.1 Å². The third kappa shape index (κ3) is 4.00. The second-order valence-corrected chi connectivity index (χ2v) is 6.88. The number of halogens is 6. The van der Waals surface area contributed by atoms with E-state index in [0.29, 0.717) is 24.3 Å². The predicted molar refractivity (Wildman–Crippen MR) is 79.0 cm³/mol. The fourth-order valence-electron chi connectivity index (χ4n) is 2.07. The Morgan fingerprint density at radius 1 is 0.667 bits per heavy atom. The van der Waals surface area contributed by atoms with Gasteiger partial charge in [0, 0.05) is 11.4 Å². The minimum absolute atomic E-state index is 0.189. The Bertz CT molecular complexity index is 696. The first-order valence-electron chi connectivity index (χ1n) is 6.40. The Morgan fingerprint density at radius 3 is 1.29 bits per heavy atom. The Balaban J connectivity index is 2.51. The number of nitrogen functional groups attached to an aromatic ring is 2. The van der Waals surface area contributed by atoms with Crippen LogP contribution in [-0.2, 0) is 12.4 Å². The third-order valence-corrected chi connectivity index (χ3v) is 4.78. The lowest BCUT2D eigenvalue weighted by Gasteiger charge is -2.15. The van der Waals surface area contributed by atoms with E-state index in [1.165, 1.54) is 0 Å². The van der Waals surface area contributed by atoms with Gasteiger partial charge < -0.3 is 16.3 Å². The maximum atomic E-state index is 12.8. The van der Waals surface area contributed by atoms with Crippen LogP contribution < -0.4 is 21.8 Å². The third-order valence-electron chi connectivity index (χ3n) is 3.11. The average Bonchev–Trinajstić information content (AvgIpc) is 2.43. The molecule has 0 saturated heterocycles. The van der Waals surface area contributed by atoms with Crippen LogP contribution in [0.5, 0.6) is 0 Å². The van der Waals surface area contributed by atoms with E-state index in [1.807, 2.05) is 0 Å². The van der Waals surface area contributed by atoms with Crippen molar-refractivity contribution in [3.05, 3.63) is 47.5 Å². The summed E-state index contributed by atoms with van der Waals surface area (Å²) in [6.45, 7) is 0. The number of nitrogens with two attached hydrogens (primary N) is 2. The summed E-state index contributed by atoms with van der Waals surface area (Å²) in [5, 5.41) is -0.378. The van der Waals surface area contributed by atoms with Gasteiger partial charge in [-0.05, 0) is 46.8 Å². The van der Waals surface area contributed by atoms with Gasteiger partial charge in [0.15, 0.2) is 0 Å². The molecule has 0 atom stereocenters. The van der Waals surface area contributed by atoms with E-state index < -0.39 is 32.5 Å². The molecule has 1 radical (unpaired) electrons. The first-order chi connectivity index (χ1) is 10.9. The van der Waals surface area contributed by atoms with Crippen molar-refractivity contribution >= 4 is 30.8 Å². The monoisotopic (exact) mass is 365 g/mol. The molecule has 0 aliphatic heterocycles. The summed E-state index contributed by atoms with van der Waals surface area (Å²) < 4.78 is 76.8. The van der Waals surface area contributed by atoms with Crippen molar-refractivity contribution < 1.29 is 31.1 Å². The van der Waals surface area contributed by atoms with Crippen molar-refractivity contribution in [3.63, 3.8) is 0 Å². The maximum Gasteiger partial charge on any atom is 0.416 e. The first-order valence-corrected chi connectivity index (χ1v) is 7.85. The van der Waals surface area contributed by atoms with Gasteiger partial charge in [-0.25, -0.2) is 0 Å². The van der Waals surface area contributed by atoms with Crippen LogP contribution in [0.4, 0.5) is 37.7 Å². The molecule has 24 heavy (non-hydrogen) atoms. The molecule has 0 unspecified atom stereocenters. The zero-order valence-corrected chi connectivity index (χ0v) is 12.8. The summed E-state index contributed by atoms with van der Waals surface area (Å²) >= 11 is 0. The molecule has 0 aliphatic rings. The van der Waals surface area contributed by atoms with Crippen LogP contribution >= 0.6 is 0 Å². The van der Waals surface area contributed by atoms with Gasteiger partial charge in [-0.2, -0.15) is 26.3 Å². The van der Waals surface area contributed by atoms with Gasteiger partial charge in [-0.3, -0.25) is 0 Å². The number of hydrogen-bond donors (Lipinski definition) is 3. The molecule has 0 aliphatic carbocycles. The van der Waals surface area contributed by atoms with Crippen molar-refractivity contribution in [2.75, 3.05) is 11.5 Å². The van der Waals surface area contributed by atoms with Crippen molar-refractivity contribution in [1.29, 1.82) is 0 Å². The van der Waals surface area contributed by atoms with E-state index in [0.717, 1.165) is 12.1 Å². The molecule has 0 spiro atoms. The van der Waals surface area contributed by atoms with E-state index in [4.69, 9.17) is 11.5 Å². The summed E-state index contributed by atoms with van der Waals surface area (Å²) in [6.07, 6.45) is -9.39. The van der Waals surface area contributed by atoms with Crippen LogP contribution in [0.3, 0.4) is 0 Å². The number of alkyl halides is 6. The van der Waals surface area contributed by atoms with Crippen LogP contribution in [0.15, 0.2) is 36.4 Å². The Morgan fingerprint density at radius 2 is 1.00 bits per heavy atom. The Labute approximate surface area is 134 Å². The van der Waals surface area contributed by atoms with Crippen LogP contribution in [0.25, 0.3) is 0 Å². The van der Waals surface area contributed by atoms with Crippen LogP contribution in [0.2, 0.25) is 0 Å². The van der Waals surface area contributed by atoms with Gasteiger partial charge in [0.25, 0.3) is 9.04 Å². The van der Waals surface area contributed by atoms with Gasteiger partial charge >= 0.3 is 12.4 Å². The van der Waals surface area contributed by atoms with E-state index >= 15 is 0 Å². The minimum atomic E-state index is -4.70. The summed E-state index contributed by atoms with van der Waals surface area (Å²) in [4.78, 5) is 10.3. The molecule has 0 aromatic heterocycles. The Kier molecular flexibility index (Phi) is 4.55. The lowest BCUT2D eigenvalue weighted by molar-refractivity contribution is -0.138. The molecule has 0 bridgehead atoms. The summed E-state index contributed by atoms with van der Waals surface area (Å²) in [6, 6.07) is 4.89. The fourth-order valence-corrected chi connectivity index (χ4v) is 3.60. The molecule has 10 heteroatoms. The molecule has 0 heterocycles. The zero-order chi connectivity index (χ0) is 18.3. The second kappa shape index (κ2) is 6.02. The molecule has 0 fully saturated rings. The summed E-state index contributed by atoms with van der Waals surface area (Å²) in [5.41, 5.74) is 8.12. The van der Waals surface area contributed by atoms with Crippen LogP contribution in [0, 0.1) is 0 Å². The van der Waals surface area contributed by atoms with Crippen molar-refractivity contribution in [1.82, 2.24) is 0 Å². The van der Waals surface area contributed by atoms with Crippen molar-refractivity contribution in [2.45, 2.75) is 12.4 Å². The smallest absolute Gasteiger partial charge is 0.416 e. The van der Waals surface area contributed by atoms with Gasteiger partial charge in [0.1, 0.15) is 0 Å². The molecule has 2 rings (SSSR count). The standard InChI is InChI=1S/C14H11F6N2OSi/c15-13(16,17)7-1-9(21)5-11(3-7)24(23)12-4-8(14(18,19)20)2-10(22)6-12/h1-6,23H,21-22H2. The molecular weight excluding hydrogens is 354 g/mol. The highest BCUT2D eigenvalue weighted by molar-refractivity contribution is 6.79. The highest BCUT2D eigenvalue weighted by Crippen LogP contribution is 2.31. The first kappa shape index (κ1) is 18.1. The quantitative estimate of drug-likeness (QED) is 0.433. The summed E-state index contributed by atoms with van der Waals surface area (Å²) in [5.74, 6) is 0. The van der Waals surface area contributed by atoms with E-state index in [2.05, 4.69) is 0 Å². The molecule has 2 aromatic carbocycles.